The average Bonchev–Trinajstić information content (AvgIpc) is 3.31. The molecule has 8 nitrogen and oxygen atoms in total. The lowest BCUT2D eigenvalue weighted by molar-refractivity contribution is -0.145. The molecule has 0 radical (unpaired) electrons. The van der Waals surface area contributed by atoms with Crippen LogP contribution in [0.3, 0.4) is 0 Å². The molecule has 0 bridgehead atoms. The number of hydrogen-bond acceptors (Lipinski definition) is 6. The van der Waals surface area contributed by atoms with Gasteiger partial charge in [-0.2, -0.15) is 0 Å². The maximum Gasteiger partial charge on any atom is 0.241 e. The molecule has 3 fully saturated rings. The molecule has 2 heterocycles. The number of amides is 4. The van der Waals surface area contributed by atoms with Crippen molar-refractivity contribution in [3.8, 4) is 11.5 Å². The molecule has 11 heteroatoms. The van der Waals surface area contributed by atoms with Gasteiger partial charge in [-0.1, -0.05) is 34.9 Å². The van der Waals surface area contributed by atoms with Crippen molar-refractivity contribution in [3.63, 3.8) is 0 Å². The summed E-state index contributed by atoms with van der Waals surface area (Å²) in [5, 5.41) is 10.3. The van der Waals surface area contributed by atoms with Gasteiger partial charge in [0.1, 0.15) is 5.82 Å². The lowest BCUT2D eigenvalue weighted by Gasteiger charge is -2.49. The molecule has 0 spiro atoms. The van der Waals surface area contributed by atoms with Crippen LogP contribution < -0.4 is 9.64 Å². The van der Waals surface area contributed by atoms with Crippen molar-refractivity contribution < 1.29 is 33.4 Å². The van der Waals surface area contributed by atoms with Crippen LogP contribution in [0.1, 0.15) is 52.0 Å². The van der Waals surface area contributed by atoms with Crippen LogP contribution in [0.5, 0.6) is 11.5 Å². The predicted octanol–water partition coefficient (Wildman–Crippen LogP) is 5.88. The first-order chi connectivity index (χ1) is 20.1. The first-order valence-corrected chi connectivity index (χ1v) is 14.9. The molecule has 2 saturated heterocycles. The maximum absolute atomic E-state index is 14.5. The third kappa shape index (κ3) is 4.07. The number of methoxy groups -OCH3 is 1. The van der Waals surface area contributed by atoms with Gasteiger partial charge in [0, 0.05) is 11.5 Å². The molecular weight excluding hydrogens is 598 g/mol. The van der Waals surface area contributed by atoms with Crippen LogP contribution in [0.15, 0.2) is 42.0 Å². The van der Waals surface area contributed by atoms with Gasteiger partial charge in [-0.15, -0.1) is 0 Å². The number of rotatable bonds is 3. The van der Waals surface area contributed by atoms with Crippen LogP contribution in [0, 0.1) is 34.9 Å². The largest absolute Gasteiger partial charge is 0.503 e. The quantitative estimate of drug-likeness (QED) is 0.336. The zero-order chi connectivity index (χ0) is 31.3. The van der Waals surface area contributed by atoms with E-state index in [2.05, 4.69) is 0 Å². The zero-order valence-electron chi connectivity index (χ0n) is 24.3. The number of allylic oxidation sites excluding steroid dienone is 2. The second-order valence-electron chi connectivity index (χ2n) is 13.0. The molecule has 2 aliphatic heterocycles. The highest BCUT2D eigenvalue weighted by atomic mass is 35.5. The topological polar surface area (TPSA) is 104 Å². The van der Waals surface area contributed by atoms with Crippen molar-refractivity contribution >= 4 is 52.5 Å². The van der Waals surface area contributed by atoms with Crippen LogP contribution in [-0.4, -0.2) is 46.3 Å². The maximum atomic E-state index is 14.5. The second kappa shape index (κ2) is 9.79. The van der Waals surface area contributed by atoms with Gasteiger partial charge >= 0.3 is 0 Å². The van der Waals surface area contributed by atoms with Gasteiger partial charge in [-0.3, -0.25) is 24.1 Å². The van der Waals surface area contributed by atoms with Gasteiger partial charge in [0.05, 0.1) is 46.0 Å². The van der Waals surface area contributed by atoms with E-state index in [0.29, 0.717) is 12.0 Å². The molecule has 1 N–H and O–H groups in total. The summed E-state index contributed by atoms with van der Waals surface area (Å²) >= 11 is 12.5. The number of fused-ring (bicyclic) bond motifs is 4. The van der Waals surface area contributed by atoms with Crippen molar-refractivity contribution in [1.29, 1.82) is 0 Å². The van der Waals surface area contributed by atoms with E-state index in [9.17, 15) is 28.7 Å². The lowest BCUT2D eigenvalue weighted by atomic mass is 9.51. The Morgan fingerprint density at radius 3 is 2.33 bits per heavy atom. The van der Waals surface area contributed by atoms with Gasteiger partial charge in [0.2, 0.25) is 23.6 Å². The number of phenols is 1. The van der Waals surface area contributed by atoms with E-state index in [4.69, 9.17) is 27.9 Å². The number of nitrogens with zero attached hydrogens (tertiary/aromatic N) is 2. The number of likely N-dealkylation sites (tertiary alicyclic amines) is 1. The molecule has 1 saturated carbocycles. The number of hydrogen-bond donors (Lipinski definition) is 1. The number of carbonyl (C=O) groups excluding carboxylic acids is 4. The van der Waals surface area contributed by atoms with Gasteiger partial charge in [0.15, 0.2) is 11.5 Å². The van der Waals surface area contributed by atoms with Gasteiger partial charge < -0.3 is 9.84 Å². The van der Waals surface area contributed by atoms with Crippen molar-refractivity contribution in [2.24, 2.45) is 29.1 Å². The minimum absolute atomic E-state index is 0.00381. The summed E-state index contributed by atoms with van der Waals surface area (Å²) in [5.41, 5.74) is -0.664. The molecule has 2 aromatic carbocycles. The Hall–Kier alpha value is -3.43. The Labute approximate surface area is 258 Å². The average molecular weight is 630 g/mol. The zero-order valence-corrected chi connectivity index (χ0v) is 25.8. The molecule has 2 aliphatic carbocycles. The fourth-order valence-corrected chi connectivity index (χ4v) is 8.24. The number of aromatic hydroxyl groups is 1. The van der Waals surface area contributed by atoms with E-state index in [1.165, 1.54) is 24.1 Å². The smallest absolute Gasteiger partial charge is 0.241 e. The fraction of sp³-hybridized carbons (Fsp3) is 0.438. The van der Waals surface area contributed by atoms with E-state index < -0.39 is 58.2 Å². The normalized spacial score (nSPS) is 30.3. The Bertz CT molecular complexity index is 1650. The highest BCUT2D eigenvalue weighted by molar-refractivity contribution is 6.32. The first-order valence-electron chi connectivity index (χ1n) is 14.1. The number of carbonyl (C=O) groups is 4. The van der Waals surface area contributed by atoms with Crippen molar-refractivity contribution in [1.82, 2.24) is 4.90 Å². The predicted molar refractivity (Wildman–Crippen MR) is 157 cm³/mol. The van der Waals surface area contributed by atoms with Crippen LogP contribution >= 0.6 is 23.2 Å². The van der Waals surface area contributed by atoms with Crippen molar-refractivity contribution in [2.75, 3.05) is 12.0 Å². The Morgan fingerprint density at radius 2 is 1.70 bits per heavy atom. The standard InChI is InChI=1S/C32H31Cl2FN2O6/c1-31(2,3)37-27(39)17-8-7-16-18(24(17)29(37)41)13-19-28(40)36(15-6-9-22(35)20(33)12-15)30(42)32(19,4)25(16)14-10-21(34)26(38)23(11-14)43-5/h6-7,9-12,17-19,24-25,38H,8,13H2,1-5H3/t17-,18+,19-,24-,25-,32+/m0/s1. The summed E-state index contributed by atoms with van der Waals surface area (Å²) in [6, 6.07) is 6.80. The van der Waals surface area contributed by atoms with Gasteiger partial charge in [-0.05, 0) is 82.3 Å². The van der Waals surface area contributed by atoms with E-state index in [-0.39, 0.29) is 45.5 Å². The molecule has 0 unspecified atom stereocenters. The monoisotopic (exact) mass is 628 g/mol. The Kier molecular flexibility index (Phi) is 6.75. The SMILES string of the molecule is COc1cc([C@H]2C3=CC[C@@H]4C(=O)N(C(C)(C)C)C(=O)[C@@H]4[C@@H]3C[C@H]3C(=O)N(c4ccc(F)c(Cl)c4)C(=O)[C@@]23C)cc(Cl)c1O. The van der Waals surface area contributed by atoms with Gasteiger partial charge in [-0.25, -0.2) is 9.29 Å². The van der Waals surface area contributed by atoms with Crippen LogP contribution in [0.4, 0.5) is 10.1 Å². The van der Waals surface area contributed by atoms with E-state index in [0.717, 1.165) is 16.5 Å². The number of anilines is 1. The lowest BCUT2D eigenvalue weighted by Crippen LogP contribution is -2.49. The molecule has 6 atom stereocenters. The minimum atomic E-state index is -1.35. The van der Waals surface area contributed by atoms with Crippen LogP contribution in [0.2, 0.25) is 10.0 Å². The Balaban J connectivity index is 1.55. The molecular formula is C32H31Cl2FN2O6. The molecule has 4 amide bonds. The van der Waals surface area contributed by atoms with E-state index >= 15 is 0 Å². The summed E-state index contributed by atoms with van der Waals surface area (Å²) < 4.78 is 19.4. The number of ether oxygens (including phenoxy) is 1. The second-order valence-corrected chi connectivity index (χ2v) is 13.8. The molecule has 226 valence electrons. The summed E-state index contributed by atoms with van der Waals surface area (Å²) in [7, 11) is 1.38. The van der Waals surface area contributed by atoms with Crippen LogP contribution in [0.25, 0.3) is 0 Å². The number of halogens is 3. The molecule has 0 aromatic heterocycles. The van der Waals surface area contributed by atoms with Gasteiger partial charge in [0.25, 0.3) is 0 Å². The number of imide groups is 2. The minimum Gasteiger partial charge on any atom is -0.503 e. The molecule has 4 aliphatic rings. The van der Waals surface area contributed by atoms with Crippen molar-refractivity contribution in [2.45, 2.75) is 52.0 Å². The summed E-state index contributed by atoms with van der Waals surface area (Å²) in [4.78, 5) is 58.5. The highest BCUT2D eigenvalue weighted by Gasteiger charge is 2.68. The highest BCUT2D eigenvalue weighted by Crippen LogP contribution is 2.64. The molecule has 2 aromatic rings. The van der Waals surface area contributed by atoms with Crippen LogP contribution in [-0.2, 0) is 19.2 Å². The first kappa shape index (κ1) is 29.6. The third-order valence-electron chi connectivity index (χ3n) is 9.71. The summed E-state index contributed by atoms with van der Waals surface area (Å²) in [6.45, 7) is 7.15. The fourth-order valence-electron chi connectivity index (χ4n) is 7.84. The summed E-state index contributed by atoms with van der Waals surface area (Å²) in [6.07, 6.45) is 2.39. The molecule has 6 rings (SSSR count). The summed E-state index contributed by atoms with van der Waals surface area (Å²) in [5.74, 6) is -5.86. The Morgan fingerprint density at radius 1 is 1.00 bits per heavy atom. The number of phenolic OH excluding ortho intramolecular Hbond substituents is 1. The van der Waals surface area contributed by atoms with E-state index in [1.54, 1.807) is 19.1 Å². The third-order valence-corrected chi connectivity index (χ3v) is 10.3. The van der Waals surface area contributed by atoms with Crippen molar-refractivity contribution in [3.05, 3.63) is 63.4 Å². The molecule has 43 heavy (non-hydrogen) atoms. The number of benzene rings is 2. The van der Waals surface area contributed by atoms with E-state index in [1.807, 2.05) is 26.8 Å².